The van der Waals surface area contributed by atoms with E-state index < -0.39 is 0 Å². The number of aryl methyl sites for hydroxylation is 1. The summed E-state index contributed by atoms with van der Waals surface area (Å²) in [5.41, 5.74) is 0.734. The van der Waals surface area contributed by atoms with Gasteiger partial charge >= 0.3 is 0 Å². The number of carbonyl (C=O) groups excluding carboxylic acids is 1. The van der Waals surface area contributed by atoms with Gasteiger partial charge in [-0.05, 0) is 24.8 Å². The lowest BCUT2D eigenvalue weighted by atomic mass is 10.4. The number of hydrogen-bond acceptors (Lipinski definition) is 4. The van der Waals surface area contributed by atoms with Crippen LogP contribution in [0.2, 0.25) is 0 Å². The topological polar surface area (TPSA) is 46.1 Å². The number of amides is 1. The molecule has 1 aromatic rings. The van der Waals surface area contributed by atoms with Gasteiger partial charge in [0.1, 0.15) is 10.9 Å². The first-order chi connectivity index (χ1) is 7.02. The van der Waals surface area contributed by atoms with Crippen molar-refractivity contribution in [2.24, 2.45) is 0 Å². The molecule has 0 N–H and O–H groups in total. The van der Waals surface area contributed by atoms with Crippen molar-refractivity contribution in [3.8, 4) is 0 Å². The summed E-state index contributed by atoms with van der Waals surface area (Å²) in [6, 6.07) is 1.73. The SMILES string of the molecule is Cc1nc(CCl)cc(SC(=O)N(C)C)n1. The van der Waals surface area contributed by atoms with E-state index in [2.05, 4.69) is 9.97 Å². The molecule has 15 heavy (non-hydrogen) atoms. The highest BCUT2D eigenvalue weighted by Crippen LogP contribution is 2.19. The lowest BCUT2D eigenvalue weighted by molar-refractivity contribution is 0.241. The zero-order valence-electron chi connectivity index (χ0n) is 8.82. The van der Waals surface area contributed by atoms with Crippen LogP contribution in [0.15, 0.2) is 11.1 Å². The fraction of sp³-hybridized carbons (Fsp3) is 0.444. The predicted octanol–water partition coefficient (Wildman–Crippen LogP) is 2.30. The van der Waals surface area contributed by atoms with Crippen molar-refractivity contribution in [1.82, 2.24) is 14.9 Å². The summed E-state index contributed by atoms with van der Waals surface area (Å²) < 4.78 is 0. The predicted molar refractivity (Wildman–Crippen MR) is 61.3 cm³/mol. The van der Waals surface area contributed by atoms with Crippen LogP contribution in [-0.2, 0) is 5.88 Å². The molecule has 1 amide bonds. The summed E-state index contributed by atoms with van der Waals surface area (Å²) in [6.45, 7) is 1.78. The minimum atomic E-state index is -0.0615. The van der Waals surface area contributed by atoms with Crippen molar-refractivity contribution >= 4 is 28.6 Å². The first-order valence-corrected chi connectivity index (χ1v) is 5.67. The van der Waals surface area contributed by atoms with Gasteiger partial charge in [0.15, 0.2) is 0 Å². The number of carbonyl (C=O) groups is 1. The summed E-state index contributed by atoms with van der Waals surface area (Å²) >= 11 is 6.75. The minimum Gasteiger partial charge on any atom is -0.339 e. The second-order valence-corrected chi connectivity index (χ2v) is 4.38. The molecule has 0 spiro atoms. The third-order valence-electron chi connectivity index (χ3n) is 1.56. The van der Waals surface area contributed by atoms with Gasteiger partial charge in [-0.25, -0.2) is 9.97 Å². The van der Waals surface area contributed by atoms with Gasteiger partial charge < -0.3 is 4.90 Å². The molecule has 0 aliphatic rings. The van der Waals surface area contributed by atoms with Crippen molar-refractivity contribution in [2.75, 3.05) is 14.1 Å². The second kappa shape index (κ2) is 5.32. The molecule has 0 fully saturated rings. The molecule has 0 bridgehead atoms. The van der Waals surface area contributed by atoms with Crippen molar-refractivity contribution in [2.45, 2.75) is 17.8 Å². The summed E-state index contributed by atoms with van der Waals surface area (Å²) in [7, 11) is 3.40. The average Bonchev–Trinajstić information content (AvgIpc) is 2.16. The monoisotopic (exact) mass is 245 g/mol. The molecule has 0 saturated heterocycles. The summed E-state index contributed by atoms with van der Waals surface area (Å²) in [4.78, 5) is 21.2. The maximum Gasteiger partial charge on any atom is 0.287 e. The fourth-order valence-corrected chi connectivity index (χ4v) is 1.77. The summed E-state index contributed by atoms with van der Waals surface area (Å²) in [6.07, 6.45) is 0. The molecule has 0 saturated carbocycles. The number of alkyl halides is 1. The van der Waals surface area contributed by atoms with Crippen LogP contribution in [0.5, 0.6) is 0 Å². The minimum absolute atomic E-state index is 0.0615. The van der Waals surface area contributed by atoms with Crippen LogP contribution in [0.25, 0.3) is 0 Å². The molecule has 0 aromatic carbocycles. The van der Waals surface area contributed by atoms with E-state index in [4.69, 9.17) is 11.6 Å². The Morgan fingerprint density at radius 2 is 2.20 bits per heavy atom. The second-order valence-electron chi connectivity index (χ2n) is 3.14. The van der Waals surface area contributed by atoms with Gasteiger partial charge in [-0.3, -0.25) is 4.79 Å². The molecule has 4 nitrogen and oxygen atoms in total. The Morgan fingerprint density at radius 1 is 1.53 bits per heavy atom. The highest BCUT2D eigenvalue weighted by Gasteiger charge is 2.09. The number of thioether (sulfide) groups is 1. The summed E-state index contributed by atoms with van der Waals surface area (Å²) in [5, 5.41) is 0.575. The van der Waals surface area contributed by atoms with Crippen LogP contribution < -0.4 is 0 Å². The molecule has 1 aromatic heterocycles. The molecule has 0 aliphatic heterocycles. The van der Waals surface area contributed by atoms with Gasteiger partial charge in [-0.1, -0.05) is 0 Å². The molecule has 0 aliphatic carbocycles. The van der Waals surface area contributed by atoms with Crippen LogP contribution in [0.1, 0.15) is 11.5 Å². The van der Waals surface area contributed by atoms with Gasteiger partial charge in [0.25, 0.3) is 5.24 Å². The molecular formula is C9H12ClN3OS. The van der Waals surface area contributed by atoms with E-state index in [0.717, 1.165) is 17.5 Å². The average molecular weight is 246 g/mol. The Kier molecular flexibility index (Phi) is 4.35. The smallest absolute Gasteiger partial charge is 0.287 e. The Balaban J connectivity index is 2.85. The van der Waals surface area contributed by atoms with Crippen LogP contribution in [-0.4, -0.2) is 34.2 Å². The standard InChI is InChI=1S/C9H12ClN3OS/c1-6-11-7(5-10)4-8(12-6)15-9(14)13(2)3/h4H,5H2,1-3H3. The highest BCUT2D eigenvalue weighted by molar-refractivity contribution is 8.13. The van der Waals surface area contributed by atoms with Crippen molar-refractivity contribution in [3.63, 3.8) is 0 Å². The molecule has 1 heterocycles. The van der Waals surface area contributed by atoms with Crippen molar-refractivity contribution < 1.29 is 4.79 Å². The van der Waals surface area contributed by atoms with Crippen molar-refractivity contribution in [3.05, 3.63) is 17.6 Å². The molecular weight excluding hydrogens is 234 g/mol. The number of hydrogen-bond donors (Lipinski definition) is 0. The van der Waals surface area contributed by atoms with Gasteiger partial charge in [0.2, 0.25) is 0 Å². The highest BCUT2D eigenvalue weighted by atomic mass is 35.5. The van der Waals surface area contributed by atoms with E-state index in [9.17, 15) is 4.79 Å². The lowest BCUT2D eigenvalue weighted by Crippen LogP contribution is -2.16. The van der Waals surface area contributed by atoms with Gasteiger partial charge in [-0.15, -0.1) is 11.6 Å². The van der Waals surface area contributed by atoms with Gasteiger partial charge in [0, 0.05) is 14.1 Å². The van der Waals surface area contributed by atoms with E-state index >= 15 is 0 Å². The van der Waals surface area contributed by atoms with E-state index in [1.807, 2.05) is 0 Å². The first-order valence-electron chi connectivity index (χ1n) is 4.32. The number of nitrogens with zero attached hydrogens (tertiary/aromatic N) is 3. The maximum atomic E-state index is 11.4. The summed E-state index contributed by atoms with van der Waals surface area (Å²) in [5.74, 6) is 0.954. The van der Waals surface area contributed by atoms with Crippen LogP contribution >= 0.6 is 23.4 Å². The third-order valence-corrected chi connectivity index (χ3v) is 2.79. The van der Waals surface area contributed by atoms with Crippen LogP contribution in [0.3, 0.4) is 0 Å². The zero-order chi connectivity index (χ0) is 11.4. The van der Waals surface area contributed by atoms with E-state index in [1.54, 1.807) is 27.1 Å². The van der Waals surface area contributed by atoms with Crippen LogP contribution in [0, 0.1) is 6.92 Å². The Bertz CT molecular complexity index is 370. The molecule has 0 atom stereocenters. The molecule has 6 heteroatoms. The van der Waals surface area contributed by atoms with Gasteiger partial charge in [-0.2, -0.15) is 0 Å². The largest absolute Gasteiger partial charge is 0.339 e. The molecule has 1 rings (SSSR count). The fourth-order valence-electron chi connectivity index (χ4n) is 0.901. The third kappa shape index (κ3) is 3.68. The van der Waals surface area contributed by atoms with E-state index in [-0.39, 0.29) is 5.24 Å². The van der Waals surface area contributed by atoms with E-state index in [0.29, 0.717) is 16.7 Å². The van der Waals surface area contributed by atoms with Crippen molar-refractivity contribution in [1.29, 1.82) is 0 Å². The Morgan fingerprint density at radius 3 is 2.73 bits per heavy atom. The van der Waals surface area contributed by atoms with Crippen LogP contribution in [0.4, 0.5) is 4.79 Å². The molecule has 0 unspecified atom stereocenters. The van der Waals surface area contributed by atoms with E-state index in [1.165, 1.54) is 4.90 Å². The normalized spacial score (nSPS) is 10.1. The maximum absolute atomic E-state index is 11.4. The lowest BCUT2D eigenvalue weighted by Gasteiger charge is -2.09. The number of aromatic nitrogens is 2. The zero-order valence-corrected chi connectivity index (χ0v) is 10.4. The quantitative estimate of drug-likeness (QED) is 0.456. The number of rotatable bonds is 2. The molecule has 0 radical (unpaired) electrons. The Hall–Kier alpha value is -0.810. The Labute approximate surface area is 98.0 Å². The van der Waals surface area contributed by atoms with Gasteiger partial charge in [0.05, 0.1) is 11.6 Å². The first kappa shape index (κ1) is 12.3. The molecule has 82 valence electrons. The number of halogens is 1.